The summed E-state index contributed by atoms with van der Waals surface area (Å²) in [6.07, 6.45) is -1.88. The van der Waals surface area contributed by atoms with Gasteiger partial charge in [0.05, 0.1) is 5.69 Å². The van der Waals surface area contributed by atoms with Gasteiger partial charge >= 0.3 is 6.36 Å². The molecule has 12 heteroatoms. The van der Waals surface area contributed by atoms with Crippen molar-refractivity contribution in [2.24, 2.45) is 7.05 Å². The molecule has 1 heterocycles. The molecular formula is C17H13F4N3O3S2. The molecule has 0 aliphatic heterocycles. The van der Waals surface area contributed by atoms with Crippen molar-refractivity contribution < 1.29 is 30.7 Å². The van der Waals surface area contributed by atoms with Gasteiger partial charge in [-0.2, -0.15) is 0 Å². The zero-order chi connectivity index (χ0) is 21.2. The van der Waals surface area contributed by atoms with Crippen molar-refractivity contribution in [3.05, 3.63) is 60.7 Å². The number of nitrogens with zero attached hydrogens (tertiary/aromatic N) is 2. The van der Waals surface area contributed by atoms with Crippen LogP contribution in [0.4, 0.5) is 23.2 Å². The second kappa shape index (κ2) is 7.95. The summed E-state index contributed by atoms with van der Waals surface area (Å²) < 4.78 is 84.6. The van der Waals surface area contributed by atoms with Gasteiger partial charge in [0.2, 0.25) is 0 Å². The topological polar surface area (TPSA) is 73.2 Å². The Morgan fingerprint density at radius 3 is 2.55 bits per heavy atom. The first-order valence-corrected chi connectivity index (χ1v) is 10.2. The number of nitrogens with one attached hydrogen (secondary N) is 1. The molecule has 0 spiro atoms. The Hall–Kier alpha value is -2.73. The number of hydrogen-bond acceptors (Lipinski definition) is 5. The maximum absolute atomic E-state index is 13.7. The first-order valence-electron chi connectivity index (χ1n) is 7.87. The highest BCUT2D eigenvalue weighted by atomic mass is 32.2. The van der Waals surface area contributed by atoms with Gasteiger partial charge in [-0.1, -0.05) is 12.1 Å². The molecule has 0 aliphatic rings. The van der Waals surface area contributed by atoms with Gasteiger partial charge in [0.15, 0.2) is 5.16 Å². The fourth-order valence-electron chi connectivity index (χ4n) is 2.30. The number of hydrogen-bond donors (Lipinski definition) is 1. The molecule has 2 aromatic carbocycles. The summed E-state index contributed by atoms with van der Waals surface area (Å²) in [4.78, 5) is 3.66. The number of ether oxygens (including phenoxy) is 1. The minimum absolute atomic E-state index is 0.153. The Bertz CT molecular complexity index is 1130. The Morgan fingerprint density at radius 2 is 1.90 bits per heavy atom. The van der Waals surface area contributed by atoms with Crippen LogP contribution in [0.15, 0.2) is 69.8 Å². The van der Waals surface area contributed by atoms with Crippen LogP contribution in [-0.4, -0.2) is 24.3 Å². The lowest BCUT2D eigenvalue weighted by Crippen LogP contribution is -2.21. The molecule has 154 valence electrons. The van der Waals surface area contributed by atoms with Gasteiger partial charge in [-0.05, 0) is 42.1 Å². The van der Waals surface area contributed by atoms with E-state index in [0.717, 1.165) is 36.0 Å². The number of aryl methyl sites for hydroxylation is 1. The molecule has 1 N–H and O–H groups in total. The first-order chi connectivity index (χ1) is 13.5. The van der Waals surface area contributed by atoms with Crippen molar-refractivity contribution in [3.8, 4) is 5.75 Å². The second-order valence-corrected chi connectivity index (χ2v) is 8.32. The van der Waals surface area contributed by atoms with Gasteiger partial charge in [-0.25, -0.2) is 17.8 Å². The van der Waals surface area contributed by atoms with Crippen LogP contribution in [0.3, 0.4) is 0 Å². The van der Waals surface area contributed by atoms with E-state index in [1.165, 1.54) is 24.4 Å². The van der Waals surface area contributed by atoms with Crippen molar-refractivity contribution >= 4 is 27.5 Å². The van der Waals surface area contributed by atoms with Crippen molar-refractivity contribution in [1.82, 2.24) is 9.55 Å². The van der Waals surface area contributed by atoms with Gasteiger partial charge in [0.25, 0.3) is 10.0 Å². The molecule has 29 heavy (non-hydrogen) atoms. The predicted octanol–water partition coefficient (Wildman–Crippen LogP) is 4.41. The van der Waals surface area contributed by atoms with E-state index in [-0.39, 0.29) is 5.69 Å². The Kier molecular flexibility index (Phi) is 5.75. The van der Waals surface area contributed by atoms with E-state index in [1.807, 2.05) is 0 Å². The largest absolute Gasteiger partial charge is 0.573 e. The molecule has 0 aliphatic carbocycles. The number of anilines is 1. The predicted molar refractivity (Wildman–Crippen MR) is 97.7 cm³/mol. The third kappa shape index (κ3) is 5.21. The SMILES string of the molecule is Cn1ccnc1Sc1ccc(F)cc1NS(=O)(=O)c1ccccc1OC(F)(F)F. The summed E-state index contributed by atoms with van der Waals surface area (Å²) in [7, 11) is -2.81. The fourth-order valence-corrected chi connectivity index (χ4v) is 4.44. The summed E-state index contributed by atoms with van der Waals surface area (Å²) in [6, 6.07) is 7.66. The minimum atomic E-state index is -5.08. The molecule has 0 fully saturated rings. The Labute approximate surface area is 167 Å². The van der Waals surface area contributed by atoms with Crippen LogP contribution in [0.5, 0.6) is 5.75 Å². The van der Waals surface area contributed by atoms with Gasteiger partial charge < -0.3 is 9.30 Å². The van der Waals surface area contributed by atoms with Crippen LogP contribution in [0.1, 0.15) is 0 Å². The average molecular weight is 447 g/mol. The van der Waals surface area contributed by atoms with Crippen molar-refractivity contribution in [1.29, 1.82) is 0 Å². The molecule has 3 rings (SSSR count). The monoisotopic (exact) mass is 447 g/mol. The molecule has 3 aromatic rings. The van der Waals surface area contributed by atoms with Gasteiger partial charge in [-0.3, -0.25) is 4.72 Å². The zero-order valence-electron chi connectivity index (χ0n) is 14.6. The summed E-state index contributed by atoms with van der Waals surface area (Å²) in [5.74, 6) is -1.63. The van der Waals surface area contributed by atoms with Crippen molar-refractivity contribution in [2.45, 2.75) is 21.3 Å². The van der Waals surface area contributed by atoms with E-state index in [4.69, 9.17) is 0 Å². The highest BCUT2D eigenvalue weighted by Gasteiger charge is 2.34. The van der Waals surface area contributed by atoms with E-state index in [9.17, 15) is 26.0 Å². The third-order valence-corrected chi connectivity index (χ3v) is 6.09. The van der Waals surface area contributed by atoms with Gasteiger partial charge in [0, 0.05) is 24.3 Å². The quantitative estimate of drug-likeness (QED) is 0.567. The lowest BCUT2D eigenvalue weighted by atomic mass is 10.3. The molecule has 6 nitrogen and oxygen atoms in total. The maximum Gasteiger partial charge on any atom is 0.573 e. The molecule has 1 aromatic heterocycles. The summed E-state index contributed by atoms with van der Waals surface area (Å²) in [5, 5.41) is 0.498. The second-order valence-electron chi connectivity index (χ2n) is 5.66. The van der Waals surface area contributed by atoms with E-state index in [0.29, 0.717) is 10.1 Å². The molecule has 0 atom stereocenters. The number of rotatable bonds is 6. The number of imidazole rings is 1. The van der Waals surface area contributed by atoms with Crippen LogP contribution >= 0.6 is 11.8 Å². The molecule has 0 bridgehead atoms. The van der Waals surface area contributed by atoms with Crippen LogP contribution in [0.25, 0.3) is 0 Å². The normalized spacial score (nSPS) is 12.0. The molecule has 0 saturated heterocycles. The number of halogens is 4. The number of aromatic nitrogens is 2. The fraction of sp³-hybridized carbons (Fsp3) is 0.118. The lowest BCUT2D eigenvalue weighted by molar-refractivity contribution is -0.275. The number of benzene rings is 2. The van der Waals surface area contributed by atoms with E-state index >= 15 is 0 Å². The highest BCUT2D eigenvalue weighted by molar-refractivity contribution is 7.99. The van der Waals surface area contributed by atoms with Crippen LogP contribution in [0, 0.1) is 5.82 Å². The number of alkyl halides is 3. The van der Waals surface area contributed by atoms with E-state index in [2.05, 4.69) is 14.4 Å². The average Bonchev–Trinajstić information content (AvgIpc) is 3.01. The van der Waals surface area contributed by atoms with Gasteiger partial charge in [0.1, 0.15) is 16.5 Å². The summed E-state index contributed by atoms with van der Waals surface area (Å²) in [6.45, 7) is 0. The smallest absolute Gasteiger partial charge is 0.404 e. The standard InChI is InChI=1S/C17H13F4N3O3S2/c1-24-9-8-22-16(24)28-14-7-6-11(18)10-12(14)23-29(25,26)15-5-3-2-4-13(15)27-17(19,20)21/h2-10,23H,1H3. The molecule has 0 radical (unpaired) electrons. The van der Waals surface area contributed by atoms with E-state index < -0.39 is 32.8 Å². The Balaban J connectivity index is 1.98. The molecule has 0 unspecified atom stereocenters. The van der Waals surface area contributed by atoms with E-state index in [1.54, 1.807) is 17.8 Å². The minimum Gasteiger partial charge on any atom is -0.404 e. The zero-order valence-corrected chi connectivity index (χ0v) is 16.3. The summed E-state index contributed by atoms with van der Waals surface area (Å²) >= 11 is 1.05. The number of para-hydroxylation sites is 1. The van der Waals surface area contributed by atoms with Crippen LogP contribution in [0.2, 0.25) is 0 Å². The molecule has 0 amide bonds. The molecular weight excluding hydrogens is 434 g/mol. The number of sulfonamides is 1. The van der Waals surface area contributed by atoms with Gasteiger partial charge in [-0.15, -0.1) is 13.2 Å². The van der Waals surface area contributed by atoms with Crippen molar-refractivity contribution in [2.75, 3.05) is 4.72 Å². The summed E-state index contributed by atoms with van der Waals surface area (Å²) in [5.41, 5.74) is -0.153. The third-order valence-electron chi connectivity index (χ3n) is 3.53. The lowest BCUT2D eigenvalue weighted by Gasteiger charge is -2.16. The van der Waals surface area contributed by atoms with Crippen LogP contribution in [-0.2, 0) is 17.1 Å². The molecule has 0 saturated carbocycles. The maximum atomic E-state index is 13.7. The Morgan fingerprint density at radius 1 is 1.17 bits per heavy atom. The first kappa shape index (κ1) is 21.0. The highest BCUT2D eigenvalue weighted by Crippen LogP contribution is 2.36. The van der Waals surface area contributed by atoms with Crippen molar-refractivity contribution in [3.63, 3.8) is 0 Å². The van der Waals surface area contributed by atoms with Crippen LogP contribution < -0.4 is 9.46 Å².